The average Bonchev–Trinajstić information content (AvgIpc) is 3.21. The summed E-state index contributed by atoms with van der Waals surface area (Å²) in [6.07, 6.45) is 3.33. The van der Waals surface area contributed by atoms with Crippen LogP contribution in [0.25, 0.3) is 28.2 Å². The number of nitrogens with one attached hydrogen (secondary N) is 1. The van der Waals surface area contributed by atoms with E-state index in [4.69, 9.17) is 22.3 Å². The van der Waals surface area contributed by atoms with Crippen molar-refractivity contribution in [1.82, 2.24) is 24.2 Å². The number of hydrogen-bond acceptors (Lipinski definition) is 6. The Morgan fingerprint density at radius 1 is 1.03 bits per heavy atom. The van der Waals surface area contributed by atoms with E-state index in [2.05, 4.69) is 30.6 Å². The number of nitrogen functional groups attached to an aromatic ring is 1. The summed E-state index contributed by atoms with van der Waals surface area (Å²) >= 11 is 9.38. The van der Waals surface area contributed by atoms with Crippen molar-refractivity contribution in [2.45, 2.75) is 11.4 Å². The number of halogens is 2. The molecule has 0 radical (unpaired) electrons. The Morgan fingerprint density at radius 2 is 1.83 bits per heavy atom. The van der Waals surface area contributed by atoms with Crippen molar-refractivity contribution in [3.8, 4) is 17.1 Å². The lowest BCUT2D eigenvalue weighted by molar-refractivity contribution is 0.581. The van der Waals surface area contributed by atoms with Crippen LogP contribution in [0.2, 0.25) is 5.02 Å². The monoisotopic (exact) mass is 568 g/mol. The molecule has 176 valence electrons. The molecule has 0 unspecified atom stereocenters. The van der Waals surface area contributed by atoms with E-state index in [0.717, 1.165) is 15.7 Å². The van der Waals surface area contributed by atoms with E-state index >= 15 is 0 Å². The van der Waals surface area contributed by atoms with Crippen LogP contribution >= 0.6 is 27.5 Å². The first-order chi connectivity index (χ1) is 16.8. The molecule has 0 spiro atoms. The standard InChI is InChI=1S/C24H18BrClN6O2S/c25-16-11-21-24(29-14-16)32(23(31-21)20-5-2-10-28-22(20)27)18-8-6-15(7-9-18)13-30-35(33,34)19-4-1-3-17(26)12-19/h1-12,14,30H,13H2,(H2,27,28). The van der Waals surface area contributed by atoms with Crippen LogP contribution in [0.4, 0.5) is 5.82 Å². The van der Waals surface area contributed by atoms with E-state index in [9.17, 15) is 8.42 Å². The highest BCUT2D eigenvalue weighted by molar-refractivity contribution is 9.10. The van der Waals surface area contributed by atoms with E-state index in [-0.39, 0.29) is 11.4 Å². The molecule has 0 aliphatic rings. The molecular weight excluding hydrogens is 552 g/mol. The second kappa shape index (κ2) is 9.38. The number of benzene rings is 2. The zero-order valence-corrected chi connectivity index (χ0v) is 21.2. The van der Waals surface area contributed by atoms with Crippen molar-refractivity contribution in [2.75, 3.05) is 5.73 Å². The van der Waals surface area contributed by atoms with E-state index < -0.39 is 10.0 Å². The first kappa shape index (κ1) is 23.4. The van der Waals surface area contributed by atoms with Crippen LogP contribution in [-0.4, -0.2) is 27.9 Å². The third-order valence-corrected chi connectivity index (χ3v) is 7.38. The average molecular weight is 570 g/mol. The van der Waals surface area contributed by atoms with Crippen LogP contribution in [0.5, 0.6) is 0 Å². The molecule has 0 saturated carbocycles. The Kier molecular flexibility index (Phi) is 6.28. The molecule has 0 saturated heterocycles. The van der Waals surface area contributed by atoms with Crippen molar-refractivity contribution >= 4 is 54.5 Å². The number of nitrogens with two attached hydrogens (primary N) is 1. The summed E-state index contributed by atoms with van der Waals surface area (Å²) in [5, 5.41) is 0.357. The number of hydrogen-bond donors (Lipinski definition) is 2. The van der Waals surface area contributed by atoms with Crippen LogP contribution in [-0.2, 0) is 16.6 Å². The molecule has 8 nitrogen and oxygen atoms in total. The molecule has 5 rings (SSSR count). The quantitative estimate of drug-likeness (QED) is 0.299. The van der Waals surface area contributed by atoms with Crippen LogP contribution in [0.1, 0.15) is 5.56 Å². The Labute approximate surface area is 215 Å². The summed E-state index contributed by atoms with van der Waals surface area (Å²) in [6, 6.07) is 19.1. The minimum Gasteiger partial charge on any atom is -0.383 e. The molecule has 0 aliphatic heterocycles. The smallest absolute Gasteiger partial charge is 0.240 e. The molecule has 0 fully saturated rings. The van der Waals surface area contributed by atoms with Gasteiger partial charge < -0.3 is 5.73 Å². The van der Waals surface area contributed by atoms with Crippen LogP contribution in [0.3, 0.4) is 0 Å². The largest absolute Gasteiger partial charge is 0.383 e. The minimum absolute atomic E-state index is 0.113. The van der Waals surface area contributed by atoms with Crippen molar-refractivity contribution < 1.29 is 8.42 Å². The maximum Gasteiger partial charge on any atom is 0.240 e. The Balaban J connectivity index is 1.48. The van der Waals surface area contributed by atoms with Crippen LogP contribution in [0, 0.1) is 0 Å². The van der Waals surface area contributed by atoms with Gasteiger partial charge in [-0.2, -0.15) is 0 Å². The lowest BCUT2D eigenvalue weighted by Gasteiger charge is -2.11. The van der Waals surface area contributed by atoms with Gasteiger partial charge in [0.2, 0.25) is 10.0 Å². The highest BCUT2D eigenvalue weighted by Gasteiger charge is 2.18. The second-order valence-electron chi connectivity index (χ2n) is 7.65. The van der Waals surface area contributed by atoms with Gasteiger partial charge in [0.1, 0.15) is 11.3 Å². The van der Waals surface area contributed by atoms with E-state index in [0.29, 0.717) is 33.4 Å². The highest BCUT2D eigenvalue weighted by Crippen LogP contribution is 2.31. The molecule has 3 N–H and O–H groups in total. The van der Waals surface area contributed by atoms with Gasteiger partial charge in [-0.05, 0) is 70.0 Å². The number of fused-ring (bicyclic) bond motifs is 1. The van der Waals surface area contributed by atoms with E-state index in [1.54, 1.807) is 30.6 Å². The molecule has 2 aromatic carbocycles. The lowest BCUT2D eigenvalue weighted by atomic mass is 10.2. The Hall–Kier alpha value is -3.31. The number of imidazole rings is 1. The molecule has 5 aromatic rings. The SMILES string of the molecule is Nc1ncccc1-c1nc2cc(Br)cnc2n1-c1ccc(CNS(=O)(=O)c2cccc(Cl)c2)cc1. The minimum atomic E-state index is -3.70. The first-order valence-corrected chi connectivity index (χ1v) is 13.1. The summed E-state index contributed by atoms with van der Waals surface area (Å²) in [7, 11) is -3.70. The van der Waals surface area contributed by atoms with Crippen molar-refractivity contribution in [1.29, 1.82) is 0 Å². The molecule has 35 heavy (non-hydrogen) atoms. The lowest BCUT2D eigenvalue weighted by Crippen LogP contribution is -2.23. The van der Waals surface area contributed by atoms with Crippen molar-refractivity contribution in [2.24, 2.45) is 0 Å². The molecule has 0 amide bonds. The molecule has 0 bridgehead atoms. The van der Waals surface area contributed by atoms with Crippen molar-refractivity contribution in [3.63, 3.8) is 0 Å². The van der Waals surface area contributed by atoms with Crippen molar-refractivity contribution in [3.05, 3.63) is 94.2 Å². The predicted molar refractivity (Wildman–Crippen MR) is 140 cm³/mol. The van der Waals surface area contributed by atoms with Gasteiger partial charge in [0.05, 0.1) is 10.5 Å². The highest BCUT2D eigenvalue weighted by atomic mass is 79.9. The summed E-state index contributed by atoms with van der Waals surface area (Å²) in [4.78, 5) is 13.6. The normalized spacial score (nSPS) is 11.7. The zero-order chi connectivity index (χ0) is 24.6. The summed E-state index contributed by atoms with van der Waals surface area (Å²) in [6.45, 7) is 0.118. The number of nitrogens with zero attached hydrogens (tertiary/aromatic N) is 4. The fourth-order valence-corrected chi connectivity index (χ4v) is 5.27. The Morgan fingerprint density at radius 3 is 2.57 bits per heavy atom. The molecule has 0 atom stereocenters. The van der Waals surface area contributed by atoms with Gasteiger partial charge in [-0.1, -0.05) is 29.8 Å². The van der Waals surface area contributed by atoms with Gasteiger partial charge >= 0.3 is 0 Å². The topological polar surface area (TPSA) is 116 Å². The molecule has 3 aromatic heterocycles. The zero-order valence-electron chi connectivity index (χ0n) is 18.1. The number of rotatable bonds is 6. The van der Waals surface area contributed by atoms with Gasteiger partial charge in [-0.3, -0.25) is 4.57 Å². The summed E-state index contributed by atoms with van der Waals surface area (Å²) in [5.74, 6) is 0.959. The van der Waals surface area contributed by atoms with Crippen LogP contribution < -0.4 is 10.5 Å². The predicted octanol–water partition coefficient (Wildman–Crippen LogP) is 4.96. The van der Waals surface area contributed by atoms with Gasteiger partial charge in [-0.15, -0.1) is 0 Å². The molecular formula is C24H18BrClN6O2S. The first-order valence-electron chi connectivity index (χ1n) is 10.4. The van der Waals surface area contributed by atoms with Gasteiger partial charge in [0.15, 0.2) is 11.5 Å². The summed E-state index contributed by atoms with van der Waals surface area (Å²) < 4.78 is 30.5. The summed E-state index contributed by atoms with van der Waals surface area (Å²) in [5.41, 5.74) is 9.74. The number of anilines is 1. The molecule has 11 heteroatoms. The second-order valence-corrected chi connectivity index (χ2v) is 10.8. The third-order valence-electron chi connectivity index (χ3n) is 5.31. The maximum absolute atomic E-state index is 12.6. The Bertz CT molecular complexity index is 1660. The van der Waals surface area contributed by atoms with Crippen LogP contribution in [0.15, 0.2) is 88.5 Å². The van der Waals surface area contributed by atoms with Gasteiger partial charge in [-0.25, -0.2) is 28.1 Å². The fourth-order valence-electron chi connectivity index (χ4n) is 3.63. The molecule has 3 heterocycles. The number of sulfonamides is 1. The fraction of sp³-hybridized carbons (Fsp3) is 0.0417. The number of pyridine rings is 2. The van der Waals surface area contributed by atoms with E-state index in [1.807, 2.05) is 41.0 Å². The maximum atomic E-state index is 12.6. The number of aromatic nitrogens is 4. The van der Waals surface area contributed by atoms with Gasteiger partial charge in [0, 0.05) is 34.1 Å². The third kappa shape index (κ3) is 4.78. The van der Waals surface area contributed by atoms with Gasteiger partial charge in [0.25, 0.3) is 0 Å². The molecule has 0 aliphatic carbocycles. The van der Waals surface area contributed by atoms with E-state index in [1.165, 1.54) is 12.1 Å².